The zero-order valence-corrected chi connectivity index (χ0v) is 8.22. The summed E-state index contributed by atoms with van der Waals surface area (Å²) in [7, 11) is -2.87. The molecule has 1 unspecified atom stereocenters. The van der Waals surface area contributed by atoms with Crippen LogP contribution < -0.4 is 0 Å². The Labute approximate surface area is 80.9 Å². The fourth-order valence-electron chi connectivity index (χ4n) is 1.21. The molecule has 0 radical (unpaired) electrons. The lowest BCUT2D eigenvalue weighted by molar-refractivity contribution is -0.137. The van der Waals surface area contributed by atoms with Gasteiger partial charge in [0.25, 0.3) is 11.0 Å². The average molecular weight is 221 g/mol. The molecule has 72 valence electrons. The van der Waals surface area contributed by atoms with Crippen molar-refractivity contribution in [2.75, 3.05) is 5.75 Å². The molecule has 0 aromatic heterocycles. The zero-order chi connectivity index (χ0) is 9.42. The molecule has 0 aromatic rings. The molecule has 0 saturated carbocycles. The van der Waals surface area contributed by atoms with Gasteiger partial charge >= 0.3 is 0 Å². The molecule has 1 atom stereocenters. The molecule has 0 spiro atoms. The molecule has 2 heterocycles. The molecule has 1 amide bonds. The molecule has 5 nitrogen and oxygen atoms in total. The topological polar surface area (TPSA) is 63.7 Å². The minimum absolute atomic E-state index is 0.0134. The normalized spacial score (nSPS) is 26.5. The molecule has 2 rings (SSSR count). The highest BCUT2D eigenvalue weighted by Gasteiger charge is 2.38. The van der Waals surface area contributed by atoms with Crippen LogP contribution in [0.15, 0.2) is 12.0 Å². The van der Waals surface area contributed by atoms with Crippen LogP contribution in [0.1, 0.15) is 6.42 Å². The largest absolute Gasteiger partial charge is 0.386 e. The standard InChI is InChI=1S/C6H7NO4S2/c8-5-1-6-7(5)2-4(3-12-6)11-13(9)10/h2,6,13H,1,3H2. The van der Waals surface area contributed by atoms with Gasteiger partial charge in [0.2, 0.25) is 5.91 Å². The number of β-lactam (4-membered cyclic amide) rings is 1. The lowest BCUT2D eigenvalue weighted by Gasteiger charge is -2.40. The number of nitrogens with zero attached hydrogens (tertiary/aromatic N) is 1. The Kier molecular flexibility index (Phi) is 2.20. The summed E-state index contributed by atoms with van der Waals surface area (Å²) in [6.45, 7) is 0. The number of thiol groups is 1. The summed E-state index contributed by atoms with van der Waals surface area (Å²) in [5.74, 6) is 0.849. The van der Waals surface area contributed by atoms with Crippen LogP contribution in [0.3, 0.4) is 0 Å². The molecule has 1 saturated heterocycles. The number of rotatable bonds is 2. The summed E-state index contributed by atoms with van der Waals surface area (Å²) in [4.78, 5) is 12.5. The fourth-order valence-corrected chi connectivity index (χ4v) is 2.69. The minimum atomic E-state index is -2.87. The summed E-state index contributed by atoms with van der Waals surface area (Å²) in [5.41, 5.74) is 0. The second-order valence-electron chi connectivity index (χ2n) is 2.68. The van der Waals surface area contributed by atoms with E-state index in [2.05, 4.69) is 4.18 Å². The molecule has 7 heteroatoms. The van der Waals surface area contributed by atoms with Crippen LogP contribution in [0.25, 0.3) is 0 Å². The number of hydrogen-bond donors (Lipinski definition) is 1. The van der Waals surface area contributed by atoms with Gasteiger partial charge < -0.3 is 9.08 Å². The number of hydrogen-bond acceptors (Lipinski definition) is 5. The number of carbonyl (C=O) groups is 1. The Hall–Kier alpha value is -0.690. The molecule has 2 aliphatic rings. The lowest BCUT2D eigenvalue weighted by atomic mass is 10.2. The Bertz CT molecular complexity index is 341. The van der Waals surface area contributed by atoms with Crippen molar-refractivity contribution in [3.05, 3.63) is 12.0 Å². The van der Waals surface area contributed by atoms with Crippen LogP contribution in [0.5, 0.6) is 0 Å². The van der Waals surface area contributed by atoms with Gasteiger partial charge in [-0.25, -0.2) is 0 Å². The number of thioether (sulfide) groups is 1. The van der Waals surface area contributed by atoms with Gasteiger partial charge in [0.1, 0.15) is 5.76 Å². The summed E-state index contributed by atoms with van der Waals surface area (Å²) < 4.78 is 24.9. The van der Waals surface area contributed by atoms with Crippen LogP contribution in [0.4, 0.5) is 0 Å². The first-order valence-electron chi connectivity index (χ1n) is 3.62. The minimum Gasteiger partial charge on any atom is -0.386 e. The zero-order valence-electron chi connectivity index (χ0n) is 6.50. The molecule has 0 N–H and O–H groups in total. The predicted molar refractivity (Wildman–Crippen MR) is 47.2 cm³/mol. The van der Waals surface area contributed by atoms with E-state index in [4.69, 9.17) is 0 Å². The van der Waals surface area contributed by atoms with Crippen molar-refractivity contribution in [2.45, 2.75) is 11.8 Å². The first kappa shape index (κ1) is 8.89. The van der Waals surface area contributed by atoms with Crippen LogP contribution in [-0.4, -0.2) is 30.4 Å². The van der Waals surface area contributed by atoms with Crippen LogP contribution in [0, 0.1) is 0 Å². The van der Waals surface area contributed by atoms with E-state index in [1.807, 2.05) is 0 Å². The maximum atomic E-state index is 11.0. The lowest BCUT2D eigenvalue weighted by Crippen LogP contribution is -2.49. The van der Waals surface area contributed by atoms with Gasteiger partial charge in [0.05, 0.1) is 17.5 Å². The average Bonchev–Trinajstić information content (AvgIpc) is 2.05. The Balaban J connectivity index is 2.09. The third kappa shape index (κ3) is 1.66. The first-order chi connectivity index (χ1) is 6.16. The van der Waals surface area contributed by atoms with Gasteiger partial charge in [-0.15, -0.1) is 11.8 Å². The molecule has 0 aromatic carbocycles. The maximum Gasteiger partial charge on any atom is 0.298 e. The number of amides is 1. The SMILES string of the molecule is O=C1CC2SCC(O[SH](=O)=O)=CN12. The van der Waals surface area contributed by atoms with Crippen LogP contribution >= 0.6 is 11.8 Å². The molecule has 2 aliphatic heterocycles. The molecule has 0 bridgehead atoms. The van der Waals surface area contributed by atoms with E-state index < -0.39 is 11.0 Å². The van der Waals surface area contributed by atoms with E-state index in [1.54, 1.807) is 0 Å². The third-order valence-corrected chi connectivity index (χ3v) is 3.45. The van der Waals surface area contributed by atoms with Crippen molar-refractivity contribution in [1.82, 2.24) is 4.90 Å². The van der Waals surface area contributed by atoms with Gasteiger partial charge in [-0.05, 0) is 0 Å². The number of carbonyl (C=O) groups excluding carboxylic acids is 1. The summed E-state index contributed by atoms with van der Waals surface area (Å²) in [6.07, 6.45) is 2.01. The fraction of sp³-hybridized carbons (Fsp3) is 0.500. The molecule has 1 fully saturated rings. The second-order valence-corrected chi connectivity index (χ2v) is 4.48. The number of fused-ring (bicyclic) bond motifs is 1. The van der Waals surface area contributed by atoms with Gasteiger partial charge in [-0.3, -0.25) is 4.79 Å². The quantitative estimate of drug-likeness (QED) is 0.511. The Morgan fingerprint density at radius 3 is 3.00 bits per heavy atom. The second kappa shape index (κ2) is 3.22. The van der Waals surface area contributed by atoms with E-state index in [1.165, 1.54) is 22.9 Å². The third-order valence-electron chi connectivity index (χ3n) is 1.84. The van der Waals surface area contributed by atoms with Crippen molar-refractivity contribution in [2.24, 2.45) is 0 Å². The first-order valence-corrected chi connectivity index (χ1v) is 5.77. The van der Waals surface area contributed by atoms with Gasteiger partial charge in [0.15, 0.2) is 0 Å². The smallest absolute Gasteiger partial charge is 0.298 e. The highest BCUT2D eigenvalue weighted by Crippen LogP contribution is 2.35. The van der Waals surface area contributed by atoms with Gasteiger partial charge in [-0.2, -0.15) is 8.42 Å². The van der Waals surface area contributed by atoms with Crippen molar-refractivity contribution in [3.8, 4) is 0 Å². The van der Waals surface area contributed by atoms with Crippen LogP contribution in [-0.2, 0) is 20.0 Å². The molecule has 13 heavy (non-hydrogen) atoms. The van der Waals surface area contributed by atoms with E-state index in [9.17, 15) is 13.2 Å². The van der Waals surface area contributed by atoms with Crippen molar-refractivity contribution >= 4 is 28.7 Å². The molecular formula is C6H7NO4S2. The van der Waals surface area contributed by atoms with E-state index in [-0.39, 0.29) is 11.3 Å². The van der Waals surface area contributed by atoms with E-state index in [0.29, 0.717) is 17.9 Å². The van der Waals surface area contributed by atoms with Gasteiger partial charge in [-0.1, -0.05) is 0 Å². The summed E-state index contributed by atoms with van der Waals surface area (Å²) in [6, 6.07) is 0. The van der Waals surface area contributed by atoms with Crippen molar-refractivity contribution < 1.29 is 17.4 Å². The molecular weight excluding hydrogens is 214 g/mol. The van der Waals surface area contributed by atoms with Crippen LogP contribution in [0.2, 0.25) is 0 Å². The highest BCUT2D eigenvalue weighted by molar-refractivity contribution is 8.00. The molecule has 0 aliphatic carbocycles. The maximum absolute atomic E-state index is 11.0. The monoisotopic (exact) mass is 221 g/mol. The van der Waals surface area contributed by atoms with Crippen molar-refractivity contribution in [3.63, 3.8) is 0 Å². The van der Waals surface area contributed by atoms with E-state index in [0.717, 1.165) is 0 Å². The highest BCUT2D eigenvalue weighted by atomic mass is 32.2. The Morgan fingerprint density at radius 2 is 2.38 bits per heavy atom. The summed E-state index contributed by atoms with van der Waals surface area (Å²) in [5, 5.41) is 0.185. The van der Waals surface area contributed by atoms with E-state index >= 15 is 0 Å². The van der Waals surface area contributed by atoms with Crippen molar-refractivity contribution in [1.29, 1.82) is 0 Å². The van der Waals surface area contributed by atoms with Gasteiger partial charge in [0, 0.05) is 6.20 Å². The Morgan fingerprint density at radius 1 is 1.62 bits per heavy atom. The summed E-state index contributed by atoms with van der Waals surface area (Å²) >= 11 is 1.51. The predicted octanol–water partition coefficient (Wildman–Crippen LogP) is -0.324.